The summed E-state index contributed by atoms with van der Waals surface area (Å²) in [6.07, 6.45) is 0. The molecule has 0 radical (unpaired) electrons. The first-order chi connectivity index (χ1) is 6.50. The zero-order valence-electron chi connectivity index (χ0n) is 8.58. The Kier molecular flexibility index (Phi) is 5.68. The fraction of sp³-hybridized carbons (Fsp3) is 0.300. The quantitative estimate of drug-likeness (QED) is 0.824. The molecule has 0 atom stereocenters. The Morgan fingerprint density at radius 1 is 1.47 bits per heavy atom. The van der Waals surface area contributed by atoms with Gasteiger partial charge in [0.1, 0.15) is 0 Å². The van der Waals surface area contributed by atoms with E-state index in [1.807, 2.05) is 13.8 Å². The van der Waals surface area contributed by atoms with Crippen LogP contribution >= 0.6 is 28.3 Å². The van der Waals surface area contributed by atoms with Crippen LogP contribution in [0, 0.1) is 0 Å². The average molecular weight is 294 g/mol. The molecule has 0 saturated heterocycles. The third-order valence-electron chi connectivity index (χ3n) is 1.68. The van der Waals surface area contributed by atoms with E-state index in [4.69, 9.17) is 5.73 Å². The molecule has 0 unspecified atom stereocenters. The van der Waals surface area contributed by atoms with E-state index in [0.29, 0.717) is 11.3 Å². The fourth-order valence-electron chi connectivity index (χ4n) is 1.08. The van der Waals surface area contributed by atoms with Crippen molar-refractivity contribution >= 4 is 39.9 Å². The van der Waals surface area contributed by atoms with Gasteiger partial charge in [0.05, 0.1) is 5.56 Å². The summed E-state index contributed by atoms with van der Waals surface area (Å²) in [7, 11) is 0. The van der Waals surface area contributed by atoms with Crippen molar-refractivity contribution < 1.29 is 4.79 Å². The van der Waals surface area contributed by atoms with Crippen molar-refractivity contribution in [1.82, 2.24) is 5.32 Å². The summed E-state index contributed by atoms with van der Waals surface area (Å²) in [5, 5.41) is 2.79. The van der Waals surface area contributed by atoms with Crippen molar-refractivity contribution in [2.24, 2.45) is 0 Å². The summed E-state index contributed by atoms with van der Waals surface area (Å²) >= 11 is 3.28. The van der Waals surface area contributed by atoms with Gasteiger partial charge in [0, 0.05) is 16.2 Å². The van der Waals surface area contributed by atoms with Crippen LogP contribution in [-0.4, -0.2) is 11.9 Å². The van der Waals surface area contributed by atoms with Gasteiger partial charge in [-0.2, -0.15) is 0 Å². The topological polar surface area (TPSA) is 55.1 Å². The van der Waals surface area contributed by atoms with Crippen molar-refractivity contribution in [2.45, 2.75) is 19.9 Å². The minimum absolute atomic E-state index is 0. The molecule has 0 saturated carbocycles. The number of carbonyl (C=O) groups excluding carboxylic acids is 1. The summed E-state index contributed by atoms with van der Waals surface area (Å²) in [5.74, 6) is -0.134. The van der Waals surface area contributed by atoms with E-state index in [0.717, 1.165) is 4.47 Å². The highest BCUT2D eigenvalue weighted by atomic mass is 79.9. The van der Waals surface area contributed by atoms with Crippen LogP contribution in [0.2, 0.25) is 0 Å². The van der Waals surface area contributed by atoms with Gasteiger partial charge in [0.15, 0.2) is 0 Å². The van der Waals surface area contributed by atoms with Gasteiger partial charge in [-0.05, 0) is 32.0 Å². The van der Waals surface area contributed by atoms with Crippen molar-refractivity contribution in [3.63, 3.8) is 0 Å². The Bertz CT molecular complexity index is 355. The maximum atomic E-state index is 11.6. The number of hydrogen-bond acceptors (Lipinski definition) is 2. The highest BCUT2D eigenvalue weighted by molar-refractivity contribution is 9.10. The zero-order valence-corrected chi connectivity index (χ0v) is 11.0. The Morgan fingerprint density at radius 3 is 2.53 bits per heavy atom. The number of benzene rings is 1. The monoisotopic (exact) mass is 292 g/mol. The molecule has 84 valence electrons. The van der Waals surface area contributed by atoms with Crippen molar-refractivity contribution in [3.05, 3.63) is 28.2 Å². The SMILES string of the molecule is CC(C)NC(=O)c1ccc(Br)cc1N.Cl. The molecular weight excluding hydrogens is 279 g/mol. The molecule has 0 spiro atoms. The first-order valence-electron chi connectivity index (χ1n) is 4.36. The molecule has 3 nitrogen and oxygen atoms in total. The van der Waals surface area contributed by atoms with Crippen molar-refractivity contribution in [3.8, 4) is 0 Å². The van der Waals surface area contributed by atoms with Gasteiger partial charge < -0.3 is 11.1 Å². The molecule has 15 heavy (non-hydrogen) atoms. The molecule has 0 aliphatic heterocycles. The van der Waals surface area contributed by atoms with Crippen LogP contribution in [0.25, 0.3) is 0 Å². The molecule has 5 heteroatoms. The smallest absolute Gasteiger partial charge is 0.253 e. The van der Waals surface area contributed by atoms with Crippen LogP contribution in [-0.2, 0) is 0 Å². The van der Waals surface area contributed by atoms with Gasteiger partial charge in [-0.3, -0.25) is 4.79 Å². The number of nitrogen functional groups attached to an aromatic ring is 1. The molecular formula is C10H14BrClN2O. The second kappa shape index (κ2) is 5.98. The molecule has 0 heterocycles. The lowest BCUT2D eigenvalue weighted by molar-refractivity contribution is 0.0944. The molecule has 1 rings (SSSR count). The summed E-state index contributed by atoms with van der Waals surface area (Å²) < 4.78 is 0.871. The molecule has 0 bridgehead atoms. The largest absolute Gasteiger partial charge is 0.398 e. The Labute approximate surface area is 104 Å². The summed E-state index contributed by atoms with van der Waals surface area (Å²) in [4.78, 5) is 11.6. The van der Waals surface area contributed by atoms with E-state index in [-0.39, 0.29) is 24.4 Å². The molecule has 3 N–H and O–H groups in total. The van der Waals surface area contributed by atoms with Crippen LogP contribution in [0.4, 0.5) is 5.69 Å². The number of halogens is 2. The van der Waals surface area contributed by atoms with E-state index < -0.39 is 0 Å². The normalized spacial score (nSPS) is 9.60. The maximum Gasteiger partial charge on any atom is 0.253 e. The number of nitrogens with one attached hydrogen (secondary N) is 1. The second-order valence-corrected chi connectivity index (χ2v) is 4.28. The molecule has 1 aromatic carbocycles. The van der Waals surface area contributed by atoms with Gasteiger partial charge in [-0.15, -0.1) is 12.4 Å². The van der Waals surface area contributed by atoms with Gasteiger partial charge in [0.25, 0.3) is 5.91 Å². The lowest BCUT2D eigenvalue weighted by Gasteiger charge is -2.10. The first-order valence-corrected chi connectivity index (χ1v) is 5.16. The maximum absolute atomic E-state index is 11.6. The Hall–Kier alpha value is -0.740. The summed E-state index contributed by atoms with van der Waals surface area (Å²) in [5.41, 5.74) is 6.71. The standard InChI is InChI=1S/C10H13BrN2O.ClH/c1-6(2)13-10(14)8-4-3-7(11)5-9(8)12;/h3-6H,12H2,1-2H3,(H,13,14);1H. The van der Waals surface area contributed by atoms with Gasteiger partial charge >= 0.3 is 0 Å². The van der Waals surface area contributed by atoms with Crippen LogP contribution in [0.1, 0.15) is 24.2 Å². The van der Waals surface area contributed by atoms with E-state index in [1.54, 1.807) is 18.2 Å². The van der Waals surface area contributed by atoms with Crippen LogP contribution in [0.3, 0.4) is 0 Å². The first kappa shape index (κ1) is 14.3. The minimum Gasteiger partial charge on any atom is -0.398 e. The fourth-order valence-corrected chi connectivity index (χ4v) is 1.46. The van der Waals surface area contributed by atoms with E-state index in [9.17, 15) is 4.79 Å². The molecule has 1 amide bonds. The van der Waals surface area contributed by atoms with Crippen LogP contribution < -0.4 is 11.1 Å². The summed E-state index contributed by atoms with van der Waals surface area (Å²) in [6, 6.07) is 5.34. The second-order valence-electron chi connectivity index (χ2n) is 3.36. The minimum atomic E-state index is -0.134. The number of nitrogens with two attached hydrogens (primary N) is 1. The number of hydrogen-bond donors (Lipinski definition) is 2. The highest BCUT2D eigenvalue weighted by Crippen LogP contribution is 2.18. The zero-order chi connectivity index (χ0) is 10.7. The van der Waals surface area contributed by atoms with E-state index in [2.05, 4.69) is 21.2 Å². The average Bonchev–Trinajstić information content (AvgIpc) is 2.01. The van der Waals surface area contributed by atoms with Crippen molar-refractivity contribution in [1.29, 1.82) is 0 Å². The molecule has 0 fully saturated rings. The molecule has 0 aliphatic rings. The lowest BCUT2D eigenvalue weighted by Crippen LogP contribution is -2.30. The molecule has 0 aliphatic carbocycles. The molecule has 1 aromatic rings. The van der Waals surface area contributed by atoms with E-state index >= 15 is 0 Å². The Balaban J connectivity index is 0.00000196. The lowest BCUT2D eigenvalue weighted by atomic mass is 10.1. The summed E-state index contributed by atoms with van der Waals surface area (Å²) in [6.45, 7) is 3.82. The highest BCUT2D eigenvalue weighted by Gasteiger charge is 2.10. The predicted molar refractivity (Wildman–Crippen MR) is 68.4 cm³/mol. The van der Waals surface area contributed by atoms with E-state index in [1.165, 1.54) is 0 Å². The number of amides is 1. The number of anilines is 1. The van der Waals surface area contributed by atoms with Gasteiger partial charge in [-0.25, -0.2) is 0 Å². The number of rotatable bonds is 2. The van der Waals surface area contributed by atoms with Crippen LogP contribution in [0.5, 0.6) is 0 Å². The van der Waals surface area contributed by atoms with Gasteiger partial charge in [0.2, 0.25) is 0 Å². The van der Waals surface area contributed by atoms with Crippen molar-refractivity contribution in [2.75, 3.05) is 5.73 Å². The van der Waals surface area contributed by atoms with Gasteiger partial charge in [-0.1, -0.05) is 15.9 Å². The van der Waals surface area contributed by atoms with Crippen LogP contribution in [0.15, 0.2) is 22.7 Å². The third-order valence-corrected chi connectivity index (χ3v) is 2.17. The Morgan fingerprint density at radius 2 is 2.07 bits per heavy atom. The third kappa shape index (κ3) is 4.10. The number of carbonyl (C=O) groups is 1. The molecule has 0 aromatic heterocycles. The predicted octanol–water partition coefficient (Wildman–Crippen LogP) is 2.59.